The van der Waals surface area contributed by atoms with Gasteiger partial charge in [0, 0.05) is 6.04 Å². The molecule has 1 aromatic carbocycles. The maximum atomic E-state index is 12.8. The smallest absolute Gasteiger partial charge is 0.358 e. The first-order valence-corrected chi connectivity index (χ1v) is 6.02. The van der Waals surface area contributed by atoms with Crippen molar-refractivity contribution in [2.75, 3.05) is 12.4 Å². The van der Waals surface area contributed by atoms with Crippen molar-refractivity contribution in [3.63, 3.8) is 0 Å². The second-order valence-corrected chi connectivity index (χ2v) is 4.20. The number of esters is 1. The average Bonchev–Trinajstić information content (AvgIpc) is 2.48. The van der Waals surface area contributed by atoms with Crippen molar-refractivity contribution in [2.45, 2.75) is 13.0 Å². The Balaban J connectivity index is 2.06. The van der Waals surface area contributed by atoms with Crippen LogP contribution in [0.3, 0.4) is 0 Å². The topological polar surface area (TPSA) is 64.1 Å². The predicted octanol–water partition coefficient (Wildman–Crippen LogP) is 2.58. The molecule has 2 aromatic rings. The number of rotatable bonds is 4. The van der Waals surface area contributed by atoms with Gasteiger partial charge in [0.15, 0.2) is 5.69 Å². The summed E-state index contributed by atoms with van der Waals surface area (Å²) >= 11 is 0. The monoisotopic (exact) mass is 275 g/mol. The van der Waals surface area contributed by atoms with Gasteiger partial charge in [0.25, 0.3) is 0 Å². The molecule has 0 radical (unpaired) electrons. The van der Waals surface area contributed by atoms with E-state index >= 15 is 0 Å². The van der Waals surface area contributed by atoms with Crippen molar-refractivity contribution in [2.24, 2.45) is 0 Å². The molecule has 6 heteroatoms. The number of aromatic nitrogens is 2. The van der Waals surface area contributed by atoms with Crippen molar-refractivity contribution in [1.82, 2.24) is 9.97 Å². The lowest BCUT2D eigenvalue weighted by atomic mass is 10.1. The molecule has 0 fully saturated rings. The lowest BCUT2D eigenvalue weighted by molar-refractivity contribution is 0.0593. The lowest BCUT2D eigenvalue weighted by Crippen LogP contribution is -2.10. The zero-order chi connectivity index (χ0) is 14.5. The van der Waals surface area contributed by atoms with Crippen molar-refractivity contribution in [3.8, 4) is 0 Å². The van der Waals surface area contributed by atoms with Gasteiger partial charge >= 0.3 is 5.97 Å². The maximum Gasteiger partial charge on any atom is 0.358 e. The summed E-state index contributed by atoms with van der Waals surface area (Å²) in [6, 6.07) is 6.14. The summed E-state index contributed by atoms with van der Waals surface area (Å²) in [5.41, 5.74) is 1.07. The SMILES string of the molecule is COC(=O)c1cnc(NC(C)c2ccc(F)cc2)cn1. The zero-order valence-corrected chi connectivity index (χ0v) is 11.1. The second-order valence-electron chi connectivity index (χ2n) is 4.20. The molecule has 0 amide bonds. The van der Waals surface area contributed by atoms with Gasteiger partial charge in [-0.15, -0.1) is 0 Å². The molecule has 0 aliphatic rings. The molecule has 1 heterocycles. The molecule has 1 unspecified atom stereocenters. The quantitative estimate of drug-likeness (QED) is 0.869. The highest BCUT2D eigenvalue weighted by atomic mass is 19.1. The van der Waals surface area contributed by atoms with Crippen molar-refractivity contribution in [1.29, 1.82) is 0 Å². The molecule has 1 atom stereocenters. The Kier molecular flexibility index (Phi) is 4.24. The third-order valence-electron chi connectivity index (χ3n) is 2.78. The van der Waals surface area contributed by atoms with Gasteiger partial charge in [0.05, 0.1) is 19.5 Å². The van der Waals surface area contributed by atoms with E-state index in [2.05, 4.69) is 20.0 Å². The van der Waals surface area contributed by atoms with Gasteiger partial charge < -0.3 is 10.1 Å². The van der Waals surface area contributed by atoms with E-state index in [4.69, 9.17) is 0 Å². The molecule has 0 spiro atoms. The number of nitrogens with one attached hydrogen (secondary N) is 1. The van der Waals surface area contributed by atoms with E-state index in [1.54, 1.807) is 12.1 Å². The van der Waals surface area contributed by atoms with E-state index in [1.807, 2.05) is 6.92 Å². The molecule has 0 saturated heterocycles. The van der Waals surface area contributed by atoms with Crippen LogP contribution in [0.25, 0.3) is 0 Å². The van der Waals surface area contributed by atoms with Crippen molar-refractivity contribution in [3.05, 3.63) is 53.7 Å². The zero-order valence-electron chi connectivity index (χ0n) is 11.1. The molecule has 1 N–H and O–H groups in total. The summed E-state index contributed by atoms with van der Waals surface area (Å²) in [7, 11) is 1.28. The lowest BCUT2D eigenvalue weighted by Gasteiger charge is -2.14. The van der Waals surface area contributed by atoms with Gasteiger partial charge in [-0.2, -0.15) is 0 Å². The number of ether oxygens (including phenoxy) is 1. The normalized spacial score (nSPS) is 11.8. The number of carbonyl (C=O) groups excluding carboxylic acids is 1. The minimum Gasteiger partial charge on any atom is -0.464 e. The first kappa shape index (κ1) is 13.9. The van der Waals surface area contributed by atoms with Crippen LogP contribution in [-0.2, 0) is 4.74 Å². The Bertz CT molecular complexity index is 584. The second kappa shape index (κ2) is 6.10. The third-order valence-corrected chi connectivity index (χ3v) is 2.78. The van der Waals surface area contributed by atoms with Gasteiger partial charge in [-0.3, -0.25) is 0 Å². The van der Waals surface area contributed by atoms with Gasteiger partial charge in [-0.1, -0.05) is 12.1 Å². The summed E-state index contributed by atoms with van der Waals surface area (Å²) in [5.74, 6) is -0.284. The Morgan fingerprint density at radius 2 is 1.95 bits per heavy atom. The highest BCUT2D eigenvalue weighted by molar-refractivity contribution is 5.86. The predicted molar refractivity (Wildman–Crippen MR) is 71.8 cm³/mol. The number of hydrogen-bond acceptors (Lipinski definition) is 5. The van der Waals surface area contributed by atoms with Crippen LogP contribution in [0.5, 0.6) is 0 Å². The first-order chi connectivity index (χ1) is 9.60. The number of halogens is 1. The molecule has 0 bridgehead atoms. The number of methoxy groups -OCH3 is 1. The summed E-state index contributed by atoms with van der Waals surface area (Å²) in [6.45, 7) is 1.92. The van der Waals surface area contributed by atoms with Crippen molar-refractivity contribution < 1.29 is 13.9 Å². The molecule has 0 saturated carbocycles. The minimum absolute atomic E-state index is 0.0612. The standard InChI is InChI=1S/C14H14FN3O2/c1-9(10-3-5-11(15)6-4-10)18-13-8-16-12(7-17-13)14(19)20-2/h3-9H,1-2H3,(H,17,18). The highest BCUT2D eigenvalue weighted by Crippen LogP contribution is 2.17. The molecule has 1 aromatic heterocycles. The number of anilines is 1. The summed E-state index contributed by atoms with van der Waals surface area (Å²) < 4.78 is 17.4. The molecule has 20 heavy (non-hydrogen) atoms. The van der Waals surface area contributed by atoms with Crippen molar-refractivity contribution >= 4 is 11.8 Å². The van der Waals surface area contributed by atoms with Gasteiger partial charge in [-0.05, 0) is 24.6 Å². The molecule has 104 valence electrons. The molecule has 5 nitrogen and oxygen atoms in total. The Morgan fingerprint density at radius 1 is 1.25 bits per heavy atom. The van der Waals surface area contributed by atoms with Crippen LogP contribution in [0.4, 0.5) is 10.2 Å². The molecular weight excluding hydrogens is 261 g/mol. The Hall–Kier alpha value is -2.50. The number of nitrogens with zero attached hydrogens (tertiary/aromatic N) is 2. The van der Waals surface area contributed by atoms with Crippen LogP contribution in [0.1, 0.15) is 29.0 Å². The van der Waals surface area contributed by atoms with E-state index in [0.717, 1.165) is 5.56 Å². The fourth-order valence-electron chi connectivity index (χ4n) is 1.67. The fraction of sp³-hybridized carbons (Fsp3) is 0.214. The maximum absolute atomic E-state index is 12.8. The first-order valence-electron chi connectivity index (χ1n) is 6.02. The minimum atomic E-state index is -0.532. The van der Waals surface area contributed by atoms with Crippen LogP contribution in [-0.4, -0.2) is 23.0 Å². The largest absolute Gasteiger partial charge is 0.464 e. The van der Waals surface area contributed by atoms with Crippen LogP contribution in [0.15, 0.2) is 36.7 Å². The van der Waals surface area contributed by atoms with E-state index in [9.17, 15) is 9.18 Å². The van der Waals surface area contributed by atoms with Crippen LogP contribution in [0, 0.1) is 5.82 Å². The van der Waals surface area contributed by atoms with Gasteiger partial charge in [0.1, 0.15) is 11.6 Å². The van der Waals surface area contributed by atoms with Crippen LogP contribution in [0.2, 0.25) is 0 Å². The number of carbonyl (C=O) groups is 1. The van der Waals surface area contributed by atoms with Crippen LogP contribution >= 0.6 is 0 Å². The molecule has 0 aliphatic carbocycles. The highest BCUT2D eigenvalue weighted by Gasteiger charge is 2.09. The van der Waals surface area contributed by atoms with Crippen LogP contribution < -0.4 is 5.32 Å². The fourth-order valence-corrected chi connectivity index (χ4v) is 1.67. The number of hydrogen-bond donors (Lipinski definition) is 1. The van der Waals surface area contributed by atoms with Gasteiger partial charge in [-0.25, -0.2) is 19.2 Å². The Morgan fingerprint density at radius 3 is 2.50 bits per heavy atom. The molecule has 2 rings (SSSR count). The number of benzene rings is 1. The van der Waals surface area contributed by atoms with E-state index in [0.29, 0.717) is 5.82 Å². The van der Waals surface area contributed by atoms with E-state index < -0.39 is 5.97 Å². The van der Waals surface area contributed by atoms with E-state index in [-0.39, 0.29) is 17.6 Å². The molecular formula is C14H14FN3O2. The van der Waals surface area contributed by atoms with Gasteiger partial charge in [0.2, 0.25) is 0 Å². The summed E-state index contributed by atoms with van der Waals surface area (Å²) in [4.78, 5) is 19.3. The molecule has 0 aliphatic heterocycles. The summed E-state index contributed by atoms with van der Waals surface area (Å²) in [6.07, 6.45) is 2.79. The van der Waals surface area contributed by atoms with E-state index in [1.165, 1.54) is 31.6 Å². The summed E-state index contributed by atoms with van der Waals surface area (Å²) in [5, 5.41) is 3.11. The Labute approximate surface area is 115 Å². The average molecular weight is 275 g/mol. The third kappa shape index (κ3) is 3.28.